The van der Waals surface area contributed by atoms with Gasteiger partial charge in [0.1, 0.15) is 5.69 Å². The number of primary sulfonamides is 1. The van der Waals surface area contributed by atoms with Gasteiger partial charge < -0.3 is 21.4 Å². The molecule has 0 atom stereocenters. The molecule has 1 heterocycles. The molecule has 0 fully saturated rings. The topological polar surface area (TPSA) is 204 Å². The van der Waals surface area contributed by atoms with Crippen molar-refractivity contribution in [3.8, 4) is 22.6 Å². The van der Waals surface area contributed by atoms with Crippen LogP contribution in [0.2, 0.25) is 5.02 Å². The molecule has 0 saturated carbocycles. The fourth-order valence-electron chi connectivity index (χ4n) is 2.32. The third-order valence-electron chi connectivity index (χ3n) is 3.29. The predicted octanol–water partition coefficient (Wildman–Crippen LogP) is 3.42. The summed E-state index contributed by atoms with van der Waals surface area (Å²) in [5, 5.41) is 4.62. The van der Waals surface area contributed by atoms with Gasteiger partial charge in [0, 0.05) is 23.1 Å². The van der Waals surface area contributed by atoms with E-state index < -0.39 is 20.5 Å². The van der Waals surface area contributed by atoms with Crippen LogP contribution >= 0.6 is 36.9 Å². The lowest BCUT2D eigenvalue weighted by Crippen LogP contribution is -2.13. The number of aryl methyl sites for hydroxylation is 1. The Labute approximate surface area is 207 Å². The quantitative estimate of drug-likeness (QED) is 0.317. The second kappa shape index (κ2) is 14.6. The summed E-state index contributed by atoms with van der Waals surface area (Å²) in [4.78, 5) is 22.5. The van der Waals surface area contributed by atoms with E-state index in [1.807, 2.05) is 0 Å². The van der Waals surface area contributed by atoms with Gasteiger partial charge in [0.25, 0.3) is 10.5 Å². The number of hydrogen-bond donors (Lipinski definition) is 5. The number of aromatic nitrogens is 1. The first-order valence-electron chi connectivity index (χ1n) is 8.15. The Hall–Kier alpha value is -2.55. The van der Waals surface area contributed by atoms with Crippen molar-refractivity contribution in [1.29, 1.82) is 0 Å². The molecule has 2 aromatic carbocycles. The Bertz CT molecular complexity index is 1150. The highest BCUT2D eigenvalue weighted by Crippen LogP contribution is 2.36. The SMILES string of the molecule is C.Cc1nc(-c2ccc(Cl)cc2)c(-c2ccccc2S(N)(=O)=O)o1.NC(=O)S.NC(=O)S.O. The first-order valence-corrected chi connectivity index (χ1v) is 11.0. The largest absolute Gasteiger partial charge is 0.440 e. The van der Waals surface area contributed by atoms with Crippen molar-refractivity contribution in [3.63, 3.8) is 0 Å². The number of rotatable bonds is 3. The molecular formula is C19H25ClN4O6S3. The van der Waals surface area contributed by atoms with E-state index in [4.69, 9.17) is 30.7 Å². The molecular weight excluding hydrogens is 512 g/mol. The van der Waals surface area contributed by atoms with Gasteiger partial charge in [-0.1, -0.05) is 68.6 Å². The number of carbonyl (C=O) groups is 2. The second-order valence-electron chi connectivity index (χ2n) is 5.64. The van der Waals surface area contributed by atoms with Gasteiger partial charge in [-0.15, -0.1) is 0 Å². The summed E-state index contributed by atoms with van der Waals surface area (Å²) in [6.07, 6.45) is 0. The molecule has 0 aliphatic carbocycles. The molecule has 0 aliphatic rings. The summed E-state index contributed by atoms with van der Waals surface area (Å²) in [5.41, 5.74) is 10.4. The van der Waals surface area contributed by atoms with Crippen molar-refractivity contribution in [3.05, 3.63) is 59.4 Å². The number of nitrogens with zero attached hydrogens (tertiary/aromatic N) is 1. The van der Waals surface area contributed by atoms with E-state index in [1.54, 1.807) is 49.4 Å². The summed E-state index contributed by atoms with van der Waals surface area (Å²) >= 11 is 12.1. The molecule has 0 unspecified atom stereocenters. The Morgan fingerprint density at radius 2 is 1.45 bits per heavy atom. The number of sulfonamides is 1. The van der Waals surface area contributed by atoms with Gasteiger partial charge in [-0.25, -0.2) is 18.5 Å². The van der Waals surface area contributed by atoms with Crippen LogP contribution in [0.3, 0.4) is 0 Å². The normalized spacial score (nSPS) is 9.61. The van der Waals surface area contributed by atoms with Crippen LogP contribution in [0.4, 0.5) is 9.59 Å². The molecule has 1 aromatic heterocycles. The number of primary amides is 2. The lowest BCUT2D eigenvalue weighted by molar-refractivity contribution is 0.266. The predicted molar refractivity (Wildman–Crippen MR) is 136 cm³/mol. The van der Waals surface area contributed by atoms with E-state index in [2.05, 4.69) is 41.7 Å². The molecule has 0 spiro atoms. The molecule has 8 N–H and O–H groups in total. The highest BCUT2D eigenvalue weighted by molar-refractivity contribution is 7.96. The second-order valence-corrected chi connectivity index (χ2v) is 8.48. The van der Waals surface area contributed by atoms with Crippen LogP contribution in [0.5, 0.6) is 0 Å². The molecule has 2 amide bonds. The van der Waals surface area contributed by atoms with Crippen LogP contribution in [-0.4, -0.2) is 29.4 Å². The Morgan fingerprint density at radius 3 is 1.91 bits per heavy atom. The third kappa shape index (κ3) is 11.2. The van der Waals surface area contributed by atoms with Crippen LogP contribution in [0.25, 0.3) is 22.6 Å². The average Bonchev–Trinajstić information content (AvgIpc) is 3.02. The van der Waals surface area contributed by atoms with Crippen molar-refractivity contribution in [2.24, 2.45) is 16.6 Å². The van der Waals surface area contributed by atoms with E-state index in [9.17, 15) is 8.42 Å². The first-order chi connectivity index (χ1) is 14.3. The van der Waals surface area contributed by atoms with Gasteiger partial charge in [-0.3, -0.25) is 9.59 Å². The molecule has 14 heteroatoms. The number of nitrogens with two attached hydrogens (primary N) is 3. The van der Waals surface area contributed by atoms with Crippen LogP contribution in [-0.2, 0) is 10.0 Å². The number of amides is 2. The van der Waals surface area contributed by atoms with Crippen molar-refractivity contribution >= 4 is 57.4 Å². The van der Waals surface area contributed by atoms with E-state index >= 15 is 0 Å². The van der Waals surface area contributed by atoms with E-state index in [1.165, 1.54) is 6.07 Å². The van der Waals surface area contributed by atoms with Gasteiger partial charge in [0.2, 0.25) is 10.0 Å². The minimum absolute atomic E-state index is 0. The highest BCUT2D eigenvalue weighted by atomic mass is 35.5. The third-order valence-corrected chi connectivity index (χ3v) is 4.51. The van der Waals surface area contributed by atoms with Crippen molar-refractivity contribution in [2.45, 2.75) is 19.2 Å². The van der Waals surface area contributed by atoms with Crippen molar-refractivity contribution in [2.75, 3.05) is 0 Å². The Balaban J connectivity index is 0. The standard InChI is InChI=1S/C16H13ClN2O3S.2CH3NOS.CH4.H2O/c1-10-19-15(11-6-8-12(17)9-7-11)16(22-10)13-4-2-3-5-14(13)23(18,20)21;2*2-1(3)4;;/h2-9H,1H3,(H2,18,20,21);2*(H3,2,3,4);1H4;1H2. The summed E-state index contributed by atoms with van der Waals surface area (Å²) < 4.78 is 29.3. The maximum atomic E-state index is 11.8. The Morgan fingerprint density at radius 1 is 1.00 bits per heavy atom. The summed E-state index contributed by atoms with van der Waals surface area (Å²) in [5.74, 6) is 0.781. The van der Waals surface area contributed by atoms with Crippen molar-refractivity contribution in [1.82, 2.24) is 4.98 Å². The Kier molecular flexibility index (Phi) is 14.4. The van der Waals surface area contributed by atoms with Crippen LogP contribution in [0, 0.1) is 6.92 Å². The number of hydrogen-bond acceptors (Lipinski definition) is 6. The maximum absolute atomic E-state index is 11.8. The van der Waals surface area contributed by atoms with Crippen LogP contribution in [0.1, 0.15) is 13.3 Å². The smallest absolute Gasteiger partial charge is 0.273 e. The van der Waals surface area contributed by atoms with E-state index in [-0.39, 0.29) is 17.8 Å². The van der Waals surface area contributed by atoms with E-state index in [0.29, 0.717) is 27.9 Å². The van der Waals surface area contributed by atoms with Crippen molar-refractivity contribution < 1.29 is 27.9 Å². The molecule has 3 aromatic rings. The molecule has 0 radical (unpaired) electrons. The molecule has 33 heavy (non-hydrogen) atoms. The molecule has 182 valence electrons. The minimum atomic E-state index is -3.89. The monoisotopic (exact) mass is 536 g/mol. The summed E-state index contributed by atoms with van der Waals surface area (Å²) in [6.45, 7) is 1.70. The lowest BCUT2D eigenvalue weighted by Gasteiger charge is -2.07. The lowest BCUT2D eigenvalue weighted by atomic mass is 10.1. The average molecular weight is 537 g/mol. The summed E-state index contributed by atoms with van der Waals surface area (Å²) in [7, 11) is -3.89. The van der Waals surface area contributed by atoms with Gasteiger partial charge >= 0.3 is 0 Å². The fraction of sp³-hybridized carbons (Fsp3) is 0.105. The number of benzene rings is 2. The first kappa shape index (κ1) is 32.6. The zero-order valence-electron chi connectivity index (χ0n) is 16.5. The highest BCUT2D eigenvalue weighted by Gasteiger charge is 2.22. The van der Waals surface area contributed by atoms with Crippen LogP contribution in [0.15, 0.2) is 57.8 Å². The zero-order chi connectivity index (χ0) is 23.8. The van der Waals surface area contributed by atoms with Crippen LogP contribution < -0.4 is 16.6 Å². The number of thiol groups is 2. The number of halogens is 1. The minimum Gasteiger partial charge on any atom is -0.440 e. The van der Waals surface area contributed by atoms with Gasteiger partial charge in [0.05, 0.1) is 4.90 Å². The number of carbonyl (C=O) groups excluding carboxylic acids is 2. The molecule has 0 aliphatic heterocycles. The fourth-order valence-corrected chi connectivity index (χ4v) is 3.18. The zero-order valence-corrected chi connectivity index (χ0v) is 19.9. The van der Waals surface area contributed by atoms with Gasteiger partial charge in [0.15, 0.2) is 11.7 Å². The van der Waals surface area contributed by atoms with E-state index in [0.717, 1.165) is 5.56 Å². The molecule has 3 rings (SSSR count). The molecule has 10 nitrogen and oxygen atoms in total. The summed E-state index contributed by atoms with van der Waals surface area (Å²) in [6, 6.07) is 13.5. The molecule has 0 bridgehead atoms. The number of oxazole rings is 1. The maximum Gasteiger partial charge on any atom is 0.273 e. The van der Waals surface area contributed by atoms with Gasteiger partial charge in [-0.2, -0.15) is 0 Å². The van der Waals surface area contributed by atoms with Gasteiger partial charge in [-0.05, 0) is 24.3 Å². The molecule has 0 saturated heterocycles.